The van der Waals surface area contributed by atoms with Gasteiger partial charge in [-0.2, -0.15) is 0 Å². The van der Waals surface area contributed by atoms with Gasteiger partial charge >= 0.3 is 0 Å². The highest BCUT2D eigenvalue weighted by Crippen LogP contribution is 2.22. The minimum absolute atomic E-state index is 0.0569. The number of aromatic nitrogens is 2. The number of aryl methyl sites for hydroxylation is 2. The van der Waals surface area contributed by atoms with E-state index in [1.54, 1.807) is 12.5 Å². The van der Waals surface area contributed by atoms with Gasteiger partial charge in [0.1, 0.15) is 5.69 Å². The predicted octanol–water partition coefficient (Wildman–Crippen LogP) is 3.95. The SMILES string of the molecule is Cc1ccc(C(=O)Cc2ccc(CN3CCN(C)CC3)c(Cl)c2)cc1C#Cc1cncn1C. The average molecular weight is 461 g/mol. The van der Waals surface area contributed by atoms with Crippen LogP contribution in [0.1, 0.15) is 38.3 Å². The number of piperazine rings is 1. The van der Waals surface area contributed by atoms with Crippen molar-refractivity contribution in [1.29, 1.82) is 0 Å². The Balaban J connectivity index is 1.44. The van der Waals surface area contributed by atoms with Crippen LogP contribution in [0.15, 0.2) is 48.9 Å². The minimum atomic E-state index is 0.0569. The van der Waals surface area contributed by atoms with Crippen molar-refractivity contribution < 1.29 is 4.79 Å². The monoisotopic (exact) mass is 460 g/mol. The van der Waals surface area contributed by atoms with E-state index in [2.05, 4.69) is 39.7 Å². The standard InChI is InChI=1S/C27H29ClN4O/c1-20-4-6-23(16-22(20)8-9-25-17-29-19-31(25)3)27(33)15-21-5-7-24(26(28)14-21)18-32-12-10-30(2)11-13-32/h4-7,14,16-17,19H,10-13,15,18H2,1-3H3. The summed E-state index contributed by atoms with van der Waals surface area (Å²) in [4.78, 5) is 21.8. The molecule has 4 rings (SSSR count). The van der Waals surface area contributed by atoms with Crippen LogP contribution in [0.4, 0.5) is 0 Å². The molecule has 0 aliphatic carbocycles. The molecule has 6 heteroatoms. The smallest absolute Gasteiger partial charge is 0.167 e. The van der Waals surface area contributed by atoms with Gasteiger partial charge in [-0.15, -0.1) is 0 Å². The van der Waals surface area contributed by atoms with E-state index < -0.39 is 0 Å². The van der Waals surface area contributed by atoms with Crippen molar-refractivity contribution in [3.8, 4) is 11.8 Å². The molecule has 1 aliphatic rings. The first-order chi connectivity index (χ1) is 15.9. The van der Waals surface area contributed by atoms with Gasteiger partial charge in [0.2, 0.25) is 0 Å². The number of carbonyl (C=O) groups excluding carboxylic acids is 1. The normalized spacial score (nSPS) is 14.7. The quantitative estimate of drug-likeness (QED) is 0.427. The molecular formula is C27H29ClN4O. The molecule has 5 nitrogen and oxygen atoms in total. The number of halogens is 1. The second-order valence-corrected chi connectivity index (χ2v) is 9.18. The Labute approximate surface area is 201 Å². The molecule has 0 amide bonds. The molecule has 1 aromatic heterocycles. The summed E-state index contributed by atoms with van der Waals surface area (Å²) in [6, 6.07) is 11.7. The second-order valence-electron chi connectivity index (χ2n) is 8.77. The average Bonchev–Trinajstić information content (AvgIpc) is 3.21. The molecule has 2 aromatic carbocycles. The first-order valence-corrected chi connectivity index (χ1v) is 11.6. The van der Waals surface area contributed by atoms with Gasteiger partial charge in [-0.3, -0.25) is 9.69 Å². The lowest BCUT2D eigenvalue weighted by Crippen LogP contribution is -2.43. The first kappa shape index (κ1) is 23.3. The van der Waals surface area contributed by atoms with Crippen LogP contribution in [0.5, 0.6) is 0 Å². The molecule has 0 radical (unpaired) electrons. The van der Waals surface area contributed by atoms with Crippen molar-refractivity contribution in [2.24, 2.45) is 7.05 Å². The molecule has 1 aliphatic heterocycles. The van der Waals surface area contributed by atoms with Gasteiger partial charge in [0.25, 0.3) is 0 Å². The van der Waals surface area contributed by atoms with E-state index in [-0.39, 0.29) is 5.78 Å². The third kappa shape index (κ3) is 5.91. The summed E-state index contributed by atoms with van der Waals surface area (Å²) in [6.45, 7) is 7.10. The topological polar surface area (TPSA) is 41.4 Å². The lowest BCUT2D eigenvalue weighted by molar-refractivity contribution is 0.0993. The van der Waals surface area contributed by atoms with Gasteiger partial charge in [-0.1, -0.05) is 41.8 Å². The lowest BCUT2D eigenvalue weighted by Gasteiger charge is -2.32. The van der Waals surface area contributed by atoms with Gasteiger partial charge in [0, 0.05) is 62.3 Å². The molecule has 170 valence electrons. The van der Waals surface area contributed by atoms with Crippen LogP contribution >= 0.6 is 11.6 Å². The number of hydrogen-bond acceptors (Lipinski definition) is 4. The van der Waals surface area contributed by atoms with Crippen molar-refractivity contribution in [2.45, 2.75) is 19.9 Å². The third-order valence-electron chi connectivity index (χ3n) is 6.17. The number of carbonyl (C=O) groups is 1. The number of hydrogen-bond donors (Lipinski definition) is 0. The zero-order valence-corrected chi connectivity index (χ0v) is 20.2. The van der Waals surface area contributed by atoms with Gasteiger partial charge in [-0.05, 0) is 48.7 Å². The third-order valence-corrected chi connectivity index (χ3v) is 6.53. The molecule has 0 saturated carbocycles. The van der Waals surface area contributed by atoms with Crippen LogP contribution in [0.3, 0.4) is 0 Å². The van der Waals surface area contributed by atoms with E-state index in [4.69, 9.17) is 11.6 Å². The van der Waals surface area contributed by atoms with Crippen molar-refractivity contribution >= 4 is 17.4 Å². The number of rotatable bonds is 5. The predicted molar refractivity (Wildman–Crippen MR) is 133 cm³/mol. The summed E-state index contributed by atoms with van der Waals surface area (Å²) in [5, 5.41) is 0.728. The number of benzene rings is 2. The van der Waals surface area contributed by atoms with Crippen molar-refractivity contribution in [1.82, 2.24) is 19.4 Å². The van der Waals surface area contributed by atoms with Gasteiger partial charge in [-0.25, -0.2) is 4.98 Å². The highest BCUT2D eigenvalue weighted by Gasteiger charge is 2.16. The fourth-order valence-corrected chi connectivity index (χ4v) is 4.17. The fourth-order valence-electron chi connectivity index (χ4n) is 3.90. The maximum Gasteiger partial charge on any atom is 0.167 e. The zero-order valence-electron chi connectivity index (χ0n) is 19.4. The first-order valence-electron chi connectivity index (χ1n) is 11.2. The highest BCUT2D eigenvalue weighted by molar-refractivity contribution is 6.31. The summed E-state index contributed by atoms with van der Waals surface area (Å²) < 4.78 is 1.87. The van der Waals surface area contributed by atoms with E-state index in [1.165, 1.54) is 0 Å². The molecular weight excluding hydrogens is 432 g/mol. The number of Topliss-reactive ketones (excluding diaryl/α,β-unsaturated/α-hetero) is 1. The highest BCUT2D eigenvalue weighted by atomic mass is 35.5. The van der Waals surface area contributed by atoms with E-state index in [0.717, 1.165) is 65.7 Å². The molecule has 0 N–H and O–H groups in total. The molecule has 0 spiro atoms. The van der Waals surface area contributed by atoms with Crippen molar-refractivity contribution in [3.05, 3.63) is 87.5 Å². The molecule has 0 atom stereocenters. The van der Waals surface area contributed by atoms with E-state index in [9.17, 15) is 4.79 Å². The molecule has 3 aromatic rings. The van der Waals surface area contributed by atoms with Crippen LogP contribution in [0, 0.1) is 18.8 Å². The zero-order chi connectivity index (χ0) is 23.4. The Hall–Kier alpha value is -2.91. The molecule has 2 heterocycles. The second kappa shape index (κ2) is 10.4. The van der Waals surface area contributed by atoms with Crippen LogP contribution < -0.4 is 0 Å². The number of nitrogens with zero attached hydrogens (tertiary/aromatic N) is 4. The Bertz CT molecular complexity index is 1210. The Morgan fingerprint density at radius 2 is 1.85 bits per heavy atom. The Morgan fingerprint density at radius 3 is 2.55 bits per heavy atom. The number of likely N-dealkylation sites (N-methyl/N-ethyl adjacent to an activating group) is 1. The molecule has 1 fully saturated rings. The van der Waals surface area contributed by atoms with Gasteiger partial charge in [0.15, 0.2) is 5.78 Å². The maximum absolute atomic E-state index is 13.0. The van der Waals surface area contributed by atoms with Crippen LogP contribution in [-0.4, -0.2) is 58.4 Å². The summed E-state index contributed by atoms with van der Waals surface area (Å²) in [5.74, 6) is 6.37. The Kier molecular flexibility index (Phi) is 7.29. The fraction of sp³-hybridized carbons (Fsp3) is 0.333. The van der Waals surface area contributed by atoms with Gasteiger partial charge in [0.05, 0.1) is 12.5 Å². The van der Waals surface area contributed by atoms with Crippen molar-refractivity contribution in [3.63, 3.8) is 0 Å². The minimum Gasteiger partial charge on any atom is -0.327 e. The summed E-state index contributed by atoms with van der Waals surface area (Å²) in [5.41, 5.74) is 5.42. The number of imidazole rings is 1. The van der Waals surface area contributed by atoms with Crippen LogP contribution in [0.25, 0.3) is 0 Å². The van der Waals surface area contributed by atoms with Crippen molar-refractivity contribution in [2.75, 3.05) is 33.2 Å². The van der Waals surface area contributed by atoms with Gasteiger partial charge < -0.3 is 9.47 Å². The van der Waals surface area contributed by atoms with Crippen LogP contribution in [0.2, 0.25) is 5.02 Å². The number of ketones is 1. The van der Waals surface area contributed by atoms with E-state index >= 15 is 0 Å². The summed E-state index contributed by atoms with van der Waals surface area (Å²) in [7, 11) is 4.06. The summed E-state index contributed by atoms with van der Waals surface area (Å²) >= 11 is 6.58. The maximum atomic E-state index is 13.0. The largest absolute Gasteiger partial charge is 0.327 e. The Morgan fingerprint density at radius 1 is 1.06 bits per heavy atom. The molecule has 1 saturated heterocycles. The van der Waals surface area contributed by atoms with E-state index in [0.29, 0.717) is 12.0 Å². The van der Waals surface area contributed by atoms with E-state index in [1.807, 2.05) is 48.9 Å². The molecule has 33 heavy (non-hydrogen) atoms. The lowest BCUT2D eigenvalue weighted by atomic mass is 9.98. The summed E-state index contributed by atoms with van der Waals surface area (Å²) in [6.07, 6.45) is 3.76. The molecule has 0 bridgehead atoms. The molecule has 0 unspecified atom stereocenters. The van der Waals surface area contributed by atoms with Crippen LogP contribution in [-0.2, 0) is 20.0 Å².